The Balaban J connectivity index is 2.61. The van der Waals surface area contributed by atoms with E-state index in [-0.39, 0.29) is 6.42 Å². The fraction of sp³-hybridized carbons (Fsp3) is 0.125. The zero-order chi connectivity index (χ0) is 8.81. The van der Waals surface area contributed by atoms with Gasteiger partial charge in [0.15, 0.2) is 0 Å². The van der Waals surface area contributed by atoms with Gasteiger partial charge in [0.2, 0.25) is 0 Å². The molecule has 0 amide bonds. The topological polar surface area (TPSA) is 63.1 Å². The standard InChI is InChI=1S/C8H6N2O2/c11-8(12)3-1-2-7-4-9-6-10-5-7/h4-6H,3H2,(H,11,12). The van der Waals surface area contributed by atoms with Gasteiger partial charge in [0, 0.05) is 12.4 Å². The Morgan fingerprint density at radius 2 is 2.17 bits per heavy atom. The summed E-state index contributed by atoms with van der Waals surface area (Å²) in [5.41, 5.74) is 0.624. The van der Waals surface area contributed by atoms with Gasteiger partial charge in [0.25, 0.3) is 0 Å². The fourth-order valence-electron chi connectivity index (χ4n) is 0.586. The summed E-state index contributed by atoms with van der Waals surface area (Å²) < 4.78 is 0. The molecule has 4 heteroatoms. The van der Waals surface area contributed by atoms with Crippen LogP contribution < -0.4 is 0 Å². The lowest BCUT2D eigenvalue weighted by atomic mass is 10.3. The molecule has 0 aromatic carbocycles. The molecule has 4 nitrogen and oxygen atoms in total. The summed E-state index contributed by atoms with van der Waals surface area (Å²) in [6.45, 7) is 0. The largest absolute Gasteiger partial charge is 0.481 e. The predicted molar refractivity (Wildman–Crippen MR) is 41.2 cm³/mol. The van der Waals surface area contributed by atoms with Crippen molar-refractivity contribution in [1.29, 1.82) is 0 Å². The highest BCUT2D eigenvalue weighted by molar-refractivity contribution is 5.70. The number of nitrogens with zero attached hydrogens (tertiary/aromatic N) is 2. The first-order valence-electron chi connectivity index (χ1n) is 3.24. The molecule has 1 aromatic rings. The molecule has 12 heavy (non-hydrogen) atoms. The van der Waals surface area contributed by atoms with Gasteiger partial charge in [-0.25, -0.2) is 9.97 Å². The maximum Gasteiger partial charge on any atom is 0.315 e. The SMILES string of the molecule is O=C(O)CC#Cc1cncnc1. The van der Waals surface area contributed by atoms with Crippen LogP contribution in [0.3, 0.4) is 0 Å². The zero-order valence-corrected chi connectivity index (χ0v) is 6.19. The van der Waals surface area contributed by atoms with E-state index in [9.17, 15) is 4.79 Å². The van der Waals surface area contributed by atoms with Gasteiger partial charge in [0.1, 0.15) is 12.7 Å². The lowest BCUT2D eigenvalue weighted by molar-refractivity contribution is -0.135. The van der Waals surface area contributed by atoms with Crippen molar-refractivity contribution >= 4 is 5.97 Å². The highest BCUT2D eigenvalue weighted by Gasteiger charge is 1.88. The Morgan fingerprint density at radius 3 is 2.75 bits per heavy atom. The third kappa shape index (κ3) is 2.80. The average molecular weight is 162 g/mol. The molecular formula is C8H6N2O2. The quantitative estimate of drug-likeness (QED) is 0.603. The number of aromatic nitrogens is 2. The molecule has 0 fully saturated rings. The molecule has 0 aliphatic rings. The minimum absolute atomic E-state index is 0.158. The number of carbonyl (C=O) groups is 1. The monoisotopic (exact) mass is 162 g/mol. The molecule has 0 saturated heterocycles. The molecule has 0 unspecified atom stereocenters. The van der Waals surface area contributed by atoms with Crippen LogP contribution in [0.1, 0.15) is 12.0 Å². The van der Waals surface area contributed by atoms with E-state index in [1.807, 2.05) is 0 Å². The Labute approximate surface area is 69.3 Å². The number of hydrogen-bond acceptors (Lipinski definition) is 3. The van der Waals surface area contributed by atoms with E-state index < -0.39 is 5.97 Å². The first-order chi connectivity index (χ1) is 5.79. The number of carboxylic acid groups (broad SMARTS) is 1. The van der Waals surface area contributed by atoms with Crippen molar-refractivity contribution in [3.63, 3.8) is 0 Å². The first-order valence-corrected chi connectivity index (χ1v) is 3.24. The van der Waals surface area contributed by atoms with Crippen LogP contribution in [0.2, 0.25) is 0 Å². The smallest absolute Gasteiger partial charge is 0.315 e. The molecule has 1 N–H and O–H groups in total. The maximum atomic E-state index is 10.1. The molecule has 1 rings (SSSR count). The Morgan fingerprint density at radius 1 is 1.50 bits per heavy atom. The van der Waals surface area contributed by atoms with Gasteiger partial charge in [-0.1, -0.05) is 11.8 Å². The van der Waals surface area contributed by atoms with Crippen molar-refractivity contribution in [3.05, 3.63) is 24.3 Å². The second-order valence-electron chi connectivity index (χ2n) is 2.00. The van der Waals surface area contributed by atoms with Crippen LogP contribution in [-0.2, 0) is 4.79 Å². The molecule has 1 heterocycles. The maximum absolute atomic E-state index is 10.1. The van der Waals surface area contributed by atoms with Gasteiger partial charge in [-0.2, -0.15) is 0 Å². The van der Waals surface area contributed by atoms with Crippen molar-refractivity contribution in [2.45, 2.75) is 6.42 Å². The third-order valence-corrected chi connectivity index (χ3v) is 1.03. The second kappa shape index (κ2) is 4.09. The van der Waals surface area contributed by atoms with E-state index in [1.165, 1.54) is 18.7 Å². The molecule has 0 aliphatic carbocycles. The summed E-state index contributed by atoms with van der Waals surface area (Å²) >= 11 is 0. The van der Waals surface area contributed by atoms with Gasteiger partial charge in [0.05, 0.1) is 5.56 Å². The summed E-state index contributed by atoms with van der Waals surface area (Å²) in [7, 11) is 0. The van der Waals surface area contributed by atoms with Crippen LogP contribution in [0, 0.1) is 11.8 Å². The summed E-state index contributed by atoms with van der Waals surface area (Å²) in [6.07, 6.45) is 4.29. The van der Waals surface area contributed by atoms with E-state index in [4.69, 9.17) is 5.11 Å². The van der Waals surface area contributed by atoms with E-state index in [0.717, 1.165) is 0 Å². The summed E-state index contributed by atoms with van der Waals surface area (Å²) in [6, 6.07) is 0. The van der Waals surface area contributed by atoms with Crippen LogP contribution >= 0.6 is 0 Å². The van der Waals surface area contributed by atoms with Gasteiger partial charge in [-0.05, 0) is 0 Å². The van der Waals surface area contributed by atoms with Crippen molar-refractivity contribution < 1.29 is 9.90 Å². The number of rotatable bonds is 1. The Bertz CT molecular complexity index is 324. The van der Waals surface area contributed by atoms with Gasteiger partial charge < -0.3 is 5.11 Å². The minimum atomic E-state index is -0.931. The third-order valence-electron chi connectivity index (χ3n) is 1.03. The fourth-order valence-corrected chi connectivity index (χ4v) is 0.586. The van der Waals surface area contributed by atoms with Gasteiger partial charge in [-0.15, -0.1) is 0 Å². The summed E-state index contributed by atoms with van der Waals surface area (Å²) in [4.78, 5) is 17.5. The van der Waals surface area contributed by atoms with Crippen molar-refractivity contribution in [1.82, 2.24) is 9.97 Å². The molecule has 1 aromatic heterocycles. The van der Waals surface area contributed by atoms with E-state index >= 15 is 0 Å². The van der Waals surface area contributed by atoms with Crippen LogP contribution in [0.5, 0.6) is 0 Å². The average Bonchev–Trinajstić information content (AvgIpc) is 2.05. The molecule has 0 saturated carbocycles. The van der Waals surface area contributed by atoms with Crippen LogP contribution in [0.15, 0.2) is 18.7 Å². The zero-order valence-electron chi connectivity index (χ0n) is 6.19. The highest BCUT2D eigenvalue weighted by atomic mass is 16.4. The van der Waals surface area contributed by atoms with E-state index in [1.54, 1.807) is 0 Å². The van der Waals surface area contributed by atoms with Crippen molar-refractivity contribution in [3.8, 4) is 11.8 Å². The molecule has 0 atom stereocenters. The molecule has 0 radical (unpaired) electrons. The Kier molecular flexibility index (Phi) is 2.79. The predicted octanol–water partition coefficient (Wildman–Crippen LogP) is 0.303. The summed E-state index contributed by atoms with van der Waals surface area (Å²) in [5, 5.41) is 8.26. The number of aliphatic carboxylic acids is 1. The number of hydrogen-bond donors (Lipinski definition) is 1. The second-order valence-corrected chi connectivity index (χ2v) is 2.00. The normalized spacial score (nSPS) is 8.33. The first kappa shape index (κ1) is 8.21. The summed E-state index contributed by atoms with van der Waals surface area (Å²) in [5.74, 6) is 4.16. The van der Waals surface area contributed by atoms with Crippen LogP contribution in [-0.4, -0.2) is 21.0 Å². The molecule has 60 valence electrons. The molecular weight excluding hydrogens is 156 g/mol. The molecule has 0 spiro atoms. The van der Waals surface area contributed by atoms with E-state index in [0.29, 0.717) is 5.56 Å². The van der Waals surface area contributed by atoms with Gasteiger partial charge >= 0.3 is 5.97 Å². The lowest BCUT2D eigenvalue weighted by Gasteiger charge is -1.84. The lowest BCUT2D eigenvalue weighted by Crippen LogP contribution is -1.90. The Hall–Kier alpha value is -1.89. The van der Waals surface area contributed by atoms with Gasteiger partial charge in [-0.3, -0.25) is 4.79 Å². The molecule has 0 aliphatic heterocycles. The van der Waals surface area contributed by atoms with Crippen molar-refractivity contribution in [2.75, 3.05) is 0 Å². The molecule has 0 bridgehead atoms. The minimum Gasteiger partial charge on any atom is -0.481 e. The van der Waals surface area contributed by atoms with Crippen LogP contribution in [0.25, 0.3) is 0 Å². The van der Waals surface area contributed by atoms with Crippen LogP contribution in [0.4, 0.5) is 0 Å². The highest BCUT2D eigenvalue weighted by Crippen LogP contribution is 1.88. The van der Waals surface area contributed by atoms with E-state index in [2.05, 4.69) is 21.8 Å². The number of carboxylic acids is 1. The van der Waals surface area contributed by atoms with Crippen molar-refractivity contribution in [2.24, 2.45) is 0 Å².